The van der Waals surface area contributed by atoms with Gasteiger partial charge in [0.2, 0.25) is 0 Å². The standard InChI is InChI=1S/C7H11F3N2/c1-2-4-12(5-3-11)6-7(8,9)10/h2,4-6H2,1H3. The van der Waals surface area contributed by atoms with Crippen molar-refractivity contribution in [1.82, 2.24) is 4.90 Å². The van der Waals surface area contributed by atoms with Gasteiger partial charge in [-0.3, -0.25) is 4.90 Å². The Hall–Kier alpha value is -0.760. The average Bonchev–Trinajstić information content (AvgIpc) is 1.84. The topological polar surface area (TPSA) is 27.0 Å². The van der Waals surface area contributed by atoms with E-state index in [1.807, 2.05) is 0 Å². The normalized spacial score (nSPS) is 11.7. The zero-order chi connectivity index (χ0) is 9.61. The molecule has 0 fully saturated rings. The van der Waals surface area contributed by atoms with Crippen molar-refractivity contribution in [1.29, 1.82) is 5.26 Å². The molecule has 0 saturated carbocycles. The van der Waals surface area contributed by atoms with E-state index in [1.165, 1.54) is 0 Å². The Morgan fingerprint density at radius 3 is 2.33 bits per heavy atom. The molecule has 0 radical (unpaired) electrons. The summed E-state index contributed by atoms with van der Waals surface area (Å²) in [5.74, 6) is 0. The van der Waals surface area contributed by atoms with Crippen molar-refractivity contribution in [3.05, 3.63) is 0 Å². The molecule has 0 atom stereocenters. The van der Waals surface area contributed by atoms with Gasteiger partial charge in [-0.1, -0.05) is 6.92 Å². The molecular formula is C7H11F3N2. The van der Waals surface area contributed by atoms with E-state index in [2.05, 4.69) is 0 Å². The maximum absolute atomic E-state index is 11.8. The zero-order valence-electron chi connectivity index (χ0n) is 6.86. The number of halogens is 3. The van der Waals surface area contributed by atoms with Crippen molar-refractivity contribution in [3.63, 3.8) is 0 Å². The number of nitriles is 1. The first-order valence-corrected chi connectivity index (χ1v) is 3.65. The van der Waals surface area contributed by atoms with Gasteiger partial charge in [0, 0.05) is 0 Å². The van der Waals surface area contributed by atoms with Gasteiger partial charge in [0.25, 0.3) is 0 Å². The molecule has 0 aromatic carbocycles. The minimum atomic E-state index is -4.20. The van der Waals surface area contributed by atoms with Crippen molar-refractivity contribution < 1.29 is 13.2 Å². The van der Waals surface area contributed by atoms with E-state index in [9.17, 15) is 13.2 Å². The molecule has 5 heteroatoms. The summed E-state index contributed by atoms with van der Waals surface area (Å²) in [6.07, 6.45) is -3.58. The second-order valence-corrected chi connectivity index (χ2v) is 2.48. The lowest BCUT2D eigenvalue weighted by molar-refractivity contribution is -0.144. The minimum absolute atomic E-state index is 0.159. The molecule has 0 aliphatic rings. The molecule has 0 aliphatic carbocycles. The van der Waals surface area contributed by atoms with Gasteiger partial charge < -0.3 is 0 Å². The van der Waals surface area contributed by atoms with Gasteiger partial charge in [-0.2, -0.15) is 18.4 Å². The smallest absolute Gasteiger partial charge is 0.282 e. The number of rotatable bonds is 4. The Bertz CT molecular complexity index is 159. The summed E-state index contributed by atoms with van der Waals surface area (Å²) in [6.45, 7) is 0.940. The highest BCUT2D eigenvalue weighted by Crippen LogP contribution is 2.16. The van der Waals surface area contributed by atoms with Crippen molar-refractivity contribution in [2.45, 2.75) is 19.5 Å². The number of alkyl halides is 3. The van der Waals surface area contributed by atoms with Crippen LogP contribution in [0.15, 0.2) is 0 Å². The quantitative estimate of drug-likeness (QED) is 0.616. The summed E-state index contributed by atoms with van der Waals surface area (Å²) in [6, 6.07) is 1.70. The van der Waals surface area contributed by atoms with Crippen molar-refractivity contribution in [2.24, 2.45) is 0 Å². The van der Waals surface area contributed by atoms with E-state index < -0.39 is 12.7 Å². The Labute approximate surface area is 69.6 Å². The van der Waals surface area contributed by atoms with Crippen molar-refractivity contribution in [3.8, 4) is 6.07 Å². The largest absolute Gasteiger partial charge is 0.401 e. The fraction of sp³-hybridized carbons (Fsp3) is 0.857. The lowest BCUT2D eigenvalue weighted by Crippen LogP contribution is -2.35. The number of hydrogen-bond acceptors (Lipinski definition) is 2. The molecule has 0 N–H and O–H groups in total. The molecule has 2 nitrogen and oxygen atoms in total. The van der Waals surface area contributed by atoms with Gasteiger partial charge in [0.1, 0.15) is 0 Å². The third kappa shape index (κ3) is 5.98. The van der Waals surface area contributed by atoms with Crippen LogP contribution in [-0.4, -0.2) is 30.7 Å². The summed E-state index contributed by atoms with van der Waals surface area (Å²) in [7, 11) is 0. The van der Waals surface area contributed by atoms with Crippen molar-refractivity contribution in [2.75, 3.05) is 19.6 Å². The van der Waals surface area contributed by atoms with Gasteiger partial charge in [0.05, 0.1) is 19.2 Å². The lowest BCUT2D eigenvalue weighted by Gasteiger charge is -2.19. The van der Waals surface area contributed by atoms with E-state index in [1.54, 1.807) is 13.0 Å². The summed E-state index contributed by atoms with van der Waals surface area (Å²) >= 11 is 0. The van der Waals surface area contributed by atoms with Crippen LogP contribution < -0.4 is 0 Å². The van der Waals surface area contributed by atoms with Gasteiger partial charge in [-0.25, -0.2) is 0 Å². The van der Waals surface area contributed by atoms with Crippen LogP contribution >= 0.6 is 0 Å². The van der Waals surface area contributed by atoms with Gasteiger partial charge in [0.15, 0.2) is 0 Å². The highest BCUT2D eigenvalue weighted by atomic mass is 19.4. The van der Waals surface area contributed by atoms with E-state index >= 15 is 0 Å². The maximum Gasteiger partial charge on any atom is 0.401 e. The number of hydrogen-bond donors (Lipinski definition) is 0. The first kappa shape index (κ1) is 11.2. The maximum atomic E-state index is 11.8. The van der Waals surface area contributed by atoms with Crippen LogP contribution in [0, 0.1) is 11.3 Å². The molecule has 0 bridgehead atoms. The molecule has 0 amide bonds. The molecule has 0 aromatic rings. The molecule has 0 spiro atoms. The summed E-state index contributed by atoms with van der Waals surface area (Å²) in [5, 5.41) is 8.20. The SMILES string of the molecule is CCCN(CC#N)CC(F)(F)F. The fourth-order valence-electron chi connectivity index (χ4n) is 0.884. The van der Waals surface area contributed by atoms with Crippen LogP contribution in [0.1, 0.15) is 13.3 Å². The Morgan fingerprint density at radius 1 is 1.42 bits per heavy atom. The molecule has 12 heavy (non-hydrogen) atoms. The highest BCUT2D eigenvalue weighted by Gasteiger charge is 2.29. The average molecular weight is 180 g/mol. The van der Waals surface area contributed by atoms with E-state index in [4.69, 9.17) is 5.26 Å². The third-order valence-corrected chi connectivity index (χ3v) is 1.24. The van der Waals surface area contributed by atoms with E-state index in [0.29, 0.717) is 13.0 Å². The first-order chi connectivity index (χ1) is 5.49. The van der Waals surface area contributed by atoms with Crippen LogP contribution in [0.2, 0.25) is 0 Å². The lowest BCUT2D eigenvalue weighted by atomic mass is 10.4. The molecule has 0 unspecified atom stereocenters. The molecule has 0 saturated heterocycles. The third-order valence-electron chi connectivity index (χ3n) is 1.24. The molecule has 0 heterocycles. The highest BCUT2D eigenvalue weighted by molar-refractivity contribution is 4.77. The van der Waals surface area contributed by atoms with Crippen LogP contribution in [0.4, 0.5) is 13.2 Å². The van der Waals surface area contributed by atoms with Crippen molar-refractivity contribution >= 4 is 0 Å². The van der Waals surface area contributed by atoms with Gasteiger partial charge in [-0.05, 0) is 13.0 Å². The number of nitrogens with zero attached hydrogens (tertiary/aromatic N) is 2. The predicted molar refractivity (Wildman–Crippen MR) is 38.4 cm³/mol. The monoisotopic (exact) mass is 180 g/mol. The van der Waals surface area contributed by atoms with E-state index in [0.717, 1.165) is 4.90 Å². The van der Waals surface area contributed by atoms with E-state index in [-0.39, 0.29) is 6.54 Å². The molecule has 0 aliphatic heterocycles. The van der Waals surface area contributed by atoms with Crippen LogP contribution in [-0.2, 0) is 0 Å². The second-order valence-electron chi connectivity index (χ2n) is 2.48. The summed E-state index contributed by atoms with van der Waals surface area (Å²) < 4.78 is 35.4. The zero-order valence-corrected chi connectivity index (χ0v) is 6.86. The van der Waals surface area contributed by atoms with Crippen LogP contribution in [0.3, 0.4) is 0 Å². The molecule has 0 aromatic heterocycles. The summed E-state index contributed by atoms with van der Waals surface area (Å²) in [4.78, 5) is 1.08. The predicted octanol–water partition coefficient (Wildman–Crippen LogP) is 1.78. The summed E-state index contributed by atoms with van der Waals surface area (Å²) in [5.41, 5.74) is 0. The molecule has 70 valence electrons. The molecular weight excluding hydrogens is 169 g/mol. The Kier molecular flexibility index (Phi) is 4.67. The Morgan fingerprint density at radius 2 is 2.00 bits per heavy atom. The molecule has 0 rings (SSSR count). The Balaban J connectivity index is 3.88. The van der Waals surface area contributed by atoms with Gasteiger partial charge >= 0.3 is 6.18 Å². The van der Waals surface area contributed by atoms with Crippen LogP contribution in [0.5, 0.6) is 0 Å². The first-order valence-electron chi connectivity index (χ1n) is 3.65. The van der Waals surface area contributed by atoms with Gasteiger partial charge in [-0.15, -0.1) is 0 Å². The second kappa shape index (κ2) is 4.99. The fourth-order valence-corrected chi connectivity index (χ4v) is 0.884. The van der Waals surface area contributed by atoms with Crippen LogP contribution in [0.25, 0.3) is 0 Å². The minimum Gasteiger partial charge on any atom is -0.282 e.